The van der Waals surface area contributed by atoms with E-state index < -0.39 is 0 Å². The van der Waals surface area contributed by atoms with Gasteiger partial charge in [-0.2, -0.15) is 5.10 Å². The van der Waals surface area contributed by atoms with Crippen LogP contribution in [0.4, 0.5) is 0 Å². The van der Waals surface area contributed by atoms with E-state index >= 15 is 0 Å². The second-order valence-corrected chi connectivity index (χ2v) is 7.39. The molecule has 28 heavy (non-hydrogen) atoms. The van der Waals surface area contributed by atoms with Gasteiger partial charge in [-0.25, -0.2) is 4.68 Å². The molecule has 0 saturated carbocycles. The fraction of sp³-hybridized carbons (Fsp3) is 0.273. The van der Waals surface area contributed by atoms with Gasteiger partial charge in [0.15, 0.2) is 0 Å². The van der Waals surface area contributed by atoms with E-state index in [1.165, 1.54) is 22.5 Å². The van der Waals surface area contributed by atoms with Crippen molar-refractivity contribution in [3.05, 3.63) is 63.3 Å². The predicted molar refractivity (Wildman–Crippen MR) is 116 cm³/mol. The van der Waals surface area contributed by atoms with Crippen LogP contribution in [0.2, 0.25) is 0 Å². The van der Waals surface area contributed by atoms with Crippen molar-refractivity contribution in [2.24, 2.45) is 10.1 Å². The van der Waals surface area contributed by atoms with Crippen molar-refractivity contribution in [2.45, 2.75) is 27.2 Å². The number of hydrogen-bond acceptors (Lipinski definition) is 5. The lowest BCUT2D eigenvalue weighted by Gasteiger charge is -2.08. The third-order valence-corrected chi connectivity index (χ3v) is 5.37. The summed E-state index contributed by atoms with van der Waals surface area (Å²) in [5, 5.41) is 16.9. The van der Waals surface area contributed by atoms with Gasteiger partial charge in [0.05, 0.1) is 18.5 Å². The van der Waals surface area contributed by atoms with Gasteiger partial charge in [0.2, 0.25) is 4.80 Å². The van der Waals surface area contributed by atoms with E-state index in [2.05, 4.69) is 42.1 Å². The molecule has 0 radical (unpaired) electrons. The first kappa shape index (κ1) is 19.9. The first-order valence-corrected chi connectivity index (χ1v) is 10.1. The lowest BCUT2D eigenvalue weighted by atomic mass is 10.1. The van der Waals surface area contributed by atoms with Gasteiger partial charge in [0.1, 0.15) is 11.5 Å². The minimum atomic E-state index is 0.135. The third kappa shape index (κ3) is 4.34. The van der Waals surface area contributed by atoms with Gasteiger partial charge in [-0.15, -0.1) is 11.3 Å². The van der Waals surface area contributed by atoms with E-state index in [0.717, 1.165) is 22.5 Å². The molecule has 146 valence electrons. The molecular weight excluding hydrogens is 370 g/mol. The first-order chi connectivity index (χ1) is 13.5. The Morgan fingerprint density at radius 2 is 1.96 bits per heavy atom. The molecule has 3 aromatic rings. The predicted octanol–water partition coefficient (Wildman–Crippen LogP) is 4.74. The highest BCUT2D eigenvalue weighted by Gasteiger charge is 2.09. The zero-order valence-corrected chi connectivity index (χ0v) is 17.5. The molecule has 0 aliphatic heterocycles. The van der Waals surface area contributed by atoms with Crippen LogP contribution in [-0.4, -0.2) is 29.7 Å². The first-order valence-electron chi connectivity index (χ1n) is 9.24. The number of hydrogen-bond donors (Lipinski definition) is 1. The number of nitrogens with zero attached hydrogens (tertiary/aromatic N) is 3. The Morgan fingerprint density at radius 1 is 1.14 bits per heavy atom. The molecule has 5 nitrogen and oxygen atoms in total. The lowest BCUT2D eigenvalue weighted by Crippen LogP contribution is -2.11. The molecule has 0 bridgehead atoms. The molecule has 1 N–H and O–H groups in total. The summed E-state index contributed by atoms with van der Waals surface area (Å²) in [6.45, 7) is 6.87. The molecule has 0 aliphatic carbocycles. The van der Waals surface area contributed by atoms with Crippen LogP contribution in [0.5, 0.6) is 11.5 Å². The molecule has 0 aliphatic rings. The molecule has 1 heterocycles. The number of phenols is 1. The Bertz CT molecular complexity index is 1060. The lowest BCUT2D eigenvalue weighted by molar-refractivity contribution is 0.315. The minimum Gasteiger partial charge on any atom is -0.507 e. The number of phenolic OH excluding ortho intramolecular Hbond substituents is 1. The van der Waals surface area contributed by atoms with Crippen molar-refractivity contribution in [3.63, 3.8) is 0 Å². The van der Waals surface area contributed by atoms with Crippen LogP contribution in [0.3, 0.4) is 0 Å². The zero-order chi connectivity index (χ0) is 20.1. The Labute approximate surface area is 169 Å². The number of thiazole rings is 1. The Balaban J connectivity index is 1.96. The summed E-state index contributed by atoms with van der Waals surface area (Å²) in [5.74, 6) is 0.788. The summed E-state index contributed by atoms with van der Waals surface area (Å²) >= 11 is 1.53. The van der Waals surface area contributed by atoms with Crippen LogP contribution < -0.4 is 9.54 Å². The maximum Gasteiger partial charge on any atom is 0.205 e. The maximum absolute atomic E-state index is 10.3. The van der Waals surface area contributed by atoms with Gasteiger partial charge in [-0.1, -0.05) is 19.1 Å². The molecule has 6 heteroatoms. The third-order valence-electron chi connectivity index (χ3n) is 4.47. The normalized spacial score (nSPS) is 12.1. The van der Waals surface area contributed by atoms with Crippen LogP contribution >= 0.6 is 11.3 Å². The minimum absolute atomic E-state index is 0.135. The second kappa shape index (κ2) is 8.89. The second-order valence-electron chi connectivity index (χ2n) is 6.55. The van der Waals surface area contributed by atoms with Crippen molar-refractivity contribution in [3.8, 4) is 22.8 Å². The summed E-state index contributed by atoms with van der Waals surface area (Å²) in [6.07, 6.45) is 2.56. The highest BCUT2D eigenvalue weighted by atomic mass is 32.1. The Morgan fingerprint density at radius 3 is 2.64 bits per heavy atom. The average molecular weight is 396 g/mol. The monoisotopic (exact) mass is 395 g/mol. The standard InChI is InChI=1S/C22H25N3O2S/c1-5-10-27-19-9-8-18(21(26)12-19)13-24-25-20(14-28-22(25)23-4)17-7-6-15(2)16(3)11-17/h6-9,11-14,26H,5,10H2,1-4H3. The number of aromatic nitrogens is 1. The molecule has 3 rings (SSSR count). The van der Waals surface area contributed by atoms with E-state index in [-0.39, 0.29) is 5.75 Å². The summed E-state index contributed by atoms with van der Waals surface area (Å²) in [4.78, 5) is 5.11. The molecule has 0 saturated heterocycles. The quantitative estimate of drug-likeness (QED) is 0.613. The molecular formula is C22H25N3O2S. The van der Waals surface area contributed by atoms with Crippen LogP contribution in [0.1, 0.15) is 30.0 Å². The van der Waals surface area contributed by atoms with Crippen molar-refractivity contribution < 1.29 is 9.84 Å². The molecule has 0 atom stereocenters. The topological polar surface area (TPSA) is 59.1 Å². The number of benzene rings is 2. The molecule has 1 aromatic heterocycles. The van der Waals surface area contributed by atoms with Gasteiger partial charge in [-0.05, 0) is 49.6 Å². The van der Waals surface area contributed by atoms with Crippen molar-refractivity contribution in [2.75, 3.05) is 13.7 Å². The largest absolute Gasteiger partial charge is 0.507 e. The highest BCUT2D eigenvalue weighted by molar-refractivity contribution is 7.07. The Kier molecular flexibility index (Phi) is 6.31. The van der Waals surface area contributed by atoms with Crippen LogP contribution in [0, 0.1) is 13.8 Å². The summed E-state index contributed by atoms with van der Waals surface area (Å²) < 4.78 is 7.35. The fourth-order valence-electron chi connectivity index (χ4n) is 2.72. The van der Waals surface area contributed by atoms with Crippen molar-refractivity contribution in [1.82, 2.24) is 4.68 Å². The zero-order valence-electron chi connectivity index (χ0n) is 16.6. The SMILES string of the molecule is CCCOc1ccc(C=Nn2c(-c3ccc(C)c(C)c3)csc2=NC)c(O)c1. The molecule has 2 aromatic carbocycles. The summed E-state index contributed by atoms with van der Waals surface area (Å²) in [7, 11) is 1.75. The fourth-order valence-corrected chi connectivity index (χ4v) is 3.53. The number of aryl methyl sites for hydroxylation is 2. The Hall–Kier alpha value is -2.86. The van der Waals surface area contributed by atoms with Gasteiger partial charge >= 0.3 is 0 Å². The molecule has 0 fully saturated rings. The summed E-state index contributed by atoms with van der Waals surface area (Å²) in [6, 6.07) is 11.6. The van der Waals surface area contributed by atoms with Crippen molar-refractivity contribution >= 4 is 17.6 Å². The van der Waals surface area contributed by atoms with Crippen molar-refractivity contribution in [1.29, 1.82) is 0 Å². The van der Waals surface area contributed by atoms with Crippen LogP contribution in [-0.2, 0) is 0 Å². The van der Waals surface area contributed by atoms with E-state index in [4.69, 9.17) is 4.74 Å². The van der Waals surface area contributed by atoms with Crippen LogP contribution in [0.25, 0.3) is 11.3 Å². The van der Waals surface area contributed by atoms with Gasteiger partial charge < -0.3 is 9.84 Å². The number of rotatable bonds is 6. The van der Waals surface area contributed by atoms with E-state index in [1.54, 1.807) is 30.1 Å². The van der Waals surface area contributed by atoms with Gasteiger partial charge in [0.25, 0.3) is 0 Å². The number of ether oxygens (including phenoxy) is 1. The highest BCUT2D eigenvalue weighted by Crippen LogP contribution is 2.24. The molecule has 0 spiro atoms. The van der Waals surface area contributed by atoms with E-state index in [9.17, 15) is 5.11 Å². The van der Waals surface area contributed by atoms with E-state index in [0.29, 0.717) is 17.9 Å². The van der Waals surface area contributed by atoms with Gasteiger partial charge in [-0.3, -0.25) is 4.99 Å². The molecule has 0 unspecified atom stereocenters. The maximum atomic E-state index is 10.3. The summed E-state index contributed by atoms with van der Waals surface area (Å²) in [5.41, 5.74) is 5.15. The van der Waals surface area contributed by atoms with Gasteiger partial charge in [0, 0.05) is 29.6 Å². The van der Waals surface area contributed by atoms with Crippen LogP contribution in [0.15, 0.2) is 51.9 Å². The smallest absolute Gasteiger partial charge is 0.205 e. The molecule has 0 amide bonds. The van der Waals surface area contributed by atoms with E-state index in [1.807, 2.05) is 18.4 Å². The average Bonchev–Trinajstić information content (AvgIpc) is 3.10. The number of aromatic hydroxyl groups is 1.